The first-order valence-corrected chi connectivity index (χ1v) is 6.07. The highest BCUT2D eigenvalue weighted by molar-refractivity contribution is 5.86. The first-order chi connectivity index (χ1) is 7.59. The predicted octanol–water partition coefficient (Wildman–Crippen LogP) is 1.36. The van der Waals surface area contributed by atoms with Crippen LogP contribution in [-0.2, 0) is 9.59 Å². The third kappa shape index (κ3) is 2.36. The van der Waals surface area contributed by atoms with Gasteiger partial charge < -0.3 is 10.0 Å². The lowest BCUT2D eigenvalue weighted by molar-refractivity contribution is -0.156. The molecule has 0 heterocycles. The number of aliphatic carboxylic acids is 1. The molecule has 16 heavy (non-hydrogen) atoms. The molecule has 0 saturated heterocycles. The molecule has 4 nitrogen and oxygen atoms in total. The Labute approximate surface area is 95.6 Å². The summed E-state index contributed by atoms with van der Waals surface area (Å²) in [5, 5.41) is 8.89. The first kappa shape index (κ1) is 11.4. The summed E-state index contributed by atoms with van der Waals surface area (Å²) in [7, 11) is 1.79. The summed E-state index contributed by atoms with van der Waals surface area (Å²) in [4.78, 5) is 24.5. The largest absolute Gasteiger partial charge is 0.481 e. The maximum Gasteiger partial charge on any atom is 0.307 e. The van der Waals surface area contributed by atoms with Crippen LogP contribution in [0.2, 0.25) is 0 Å². The maximum atomic E-state index is 11.9. The molecule has 0 aromatic heterocycles. The second-order valence-electron chi connectivity index (χ2n) is 5.12. The van der Waals surface area contributed by atoms with Crippen LogP contribution in [0.5, 0.6) is 0 Å². The first-order valence-electron chi connectivity index (χ1n) is 6.07. The van der Waals surface area contributed by atoms with E-state index >= 15 is 0 Å². The summed E-state index contributed by atoms with van der Waals surface area (Å²) in [6.45, 7) is 0.784. The number of hydrogen-bond donors (Lipinski definition) is 1. The SMILES string of the molecule is CN(CCC1CC1)C(=O)C1CCC1C(=O)O. The average Bonchev–Trinajstić information content (AvgIpc) is 2.94. The Hall–Kier alpha value is -1.06. The zero-order valence-electron chi connectivity index (χ0n) is 9.69. The van der Waals surface area contributed by atoms with Gasteiger partial charge in [0.05, 0.1) is 11.8 Å². The van der Waals surface area contributed by atoms with Crippen molar-refractivity contribution in [3.8, 4) is 0 Å². The number of rotatable bonds is 5. The molecule has 2 saturated carbocycles. The van der Waals surface area contributed by atoms with Gasteiger partial charge in [0, 0.05) is 13.6 Å². The summed E-state index contributed by atoms with van der Waals surface area (Å²) < 4.78 is 0. The summed E-state index contributed by atoms with van der Waals surface area (Å²) in [5.41, 5.74) is 0. The molecule has 4 heteroatoms. The predicted molar refractivity (Wildman–Crippen MR) is 58.8 cm³/mol. The summed E-state index contributed by atoms with van der Waals surface area (Å²) in [6, 6.07) is 0. The molecule has 90 valence electrons. The van der Waals surface area contributed by atoms with Gasteiger partial charge in [0.25, 0.3) is 0 Å². The van der Waals surface area contributed by atoms with Gasteiger partial charge in [-0.15, -0.1) is 0 Å². The minimum absolute atomic E-state index is 0.0271. The fourth-order valence-electron chi connectivity index (χ4n) is 2.27. The molecule has 0 aromatic rings. The number of carboxylic acid groups (broad SMARTS) is 1. The van der Waals surface area contributed by atoms with E-state index in [-0.39, 0.29) is 11.8 Å². The molecule has 1 N–H and O–H groups in total. The van der Waals surface area contributed by atoms with Gasteiger partial charge in [-0.25, -0.2) is 0 Å². The van der Waals surface area contributed by atoms with Gasteiger partial charge in [0.1, 0.15) is 0 Å². The van der Waals surface area contributed by atoms with E-state index in [9.17, 15) is 9.59 Å². The number of carboxylic acids is 1. The minimum atomic E-state index is -0.819. The van der Waals surface area contributed by atoms with Crippen molar-refractivity contribution in [2.24, 2.45) is 17.8 Å². The van der Waals surface area contributed by atoms with E-state index in [1.807, 2.05) is 0 Å². The van der Waals surface area contributed by atoms with Crippen molar-refractivity contribution in [1.82, 2.24) is 4.90 Å². The second-order valence-corrected chi connectivity index (χ2v) is 5.12. The number of carbonyl (C=O) groups excluding carboxylic acids is 1. The second kappa shape index (κ2) is 4.44. The standard InChI is InChI=1S/C12H19NO3/c1-13(7-6-8-2-3-8)11(14)9-4-5-10(9)12(15)16/h8-10H,2-7H2,1H3,(H,15,16). The molecule has 0 aliphatic heterocycles. The molecule has 2 aliphatic rings. The average molecular weight is 225 g/mol. The summed E-state index contributed by atoms with van der Waals surface area (Å²) in [5.74, 6) is -0.677. The van der Waals surface area contributed by atoms with Gasteiger partial charge in [-0.05, 0) is 25.2 Å². The van der Waals surface area contributed by atoms with E-state index in [4.69, 9.17) is 5.11 Å². The van der Waals surface area contributed by atoms with Crippen LogP contribution >= 0.6 is 0 Å². The highest BCUT2D eigenvalue weighted by Crippen LogP contribution is 2.36. The molecular weight excluding hydrogens is 206 g/mol. The molecule has 1 amide bonds. The quantitative estimate of drug-likeness (QED) is 0.768. The van der Waals surface area contributed by atoms with Gasteiger partial charge in [0.2, 0.25) is 5.91 Å². The van der Waals surface area contributed by atoms with Crippen LogP contribution in [0, 0.1) is 17.8 Å². The van der Waals surface area contributed by atoms with E-state index in [0.717, 1.165) is 25.3 Å². The Balaban J connectivity index is 1.78. The number of carbonyl (C=O) groups is 2. The van der Waals surface area contributed by atoms with Crippen LogP contribution in [0.1, 0.15) is 32.1 Å². The summed E-state index contributed by atoms with van der Waals surface area (Å²) >= 11 is 0. The molecule has 2 unspecified atom stereocenters. The molecule has 0 spiro atoms. The Bertz CT molecular complexity index is 299. The van der Waals surface area contributed by atoms with Crippen LogP contribution in [-0.4, -0.2) is 35.5 Å². The van der Waals surface area contributed by atoms with Gasteiger partial charge in [-0.1, -0.05) is 12.8 Å². The van der Waals surface area contributed by atoms with Crippen molar-refractivity contribution in [3.05, 3.63) is 0 Å². The van der Waals surface area contributed by atoms with Crippen molar-refractivity contribution < 1.29 is 14.7 Å². The van der Waals surface area contributed by atoms with Gasteiger partial charge in [-0.2, -0.15) is 0 Å². The van der Waals surface area contributed by atoms with Crippen molar-refractivity contribution >= 4 is 11.9 Å². The summed E-state index contributed by atoms with van der Waals surface area (Å²) in [6.07, 6.45) is 5.06. The lowest BCUT2D eigenvalue weighted by Gasteiger charge is -2.35. The minimum Gasteiger partial charge on any atom is -0.481 e. The Morgan fingerprint density at radius 1 is 1.19 bits per heavy atom. The Morgan fingerprint density at radius 2 is 1.81 bits per heavy atom. The molecule has 0 bridgehead atoms. The van der Waals surface area contributed by atoms with Crippen LogP contribution in [0.3, 0.4) is 0 Å². The molecule has 2 fully saturated rings. The molecule has 2 rings (SSSR count). The van der Waals surface area contributed by atoms with Crippen molar-refractivity contribution in [3.63, 3.8) is 0 Å². The highest BCUT2D eigenvalue weighted by Gasteiger charge is 2.42. The van der Waals surface area contributed by atoms with Crippen LogP contribution in [0.25, 0.3) is 0 Å². The third-order valence-corrected chi connectivity index (χ3v) is 3.85. The third-order valence-electron chi connectivity index (χ3n) is 3.85. The van der Waals surface area contributed by atoms with Gasteiger partial charge in [0.15, 0.2) is 0 Å². The lowest BCUT2D eigenvalue weighted by atomic mass is 9.73. The van der Waals surface area contributed by atoms with E-state index in [1.165, 1.54) is 12.8 Å². The lowest BCUT2D eigenvalue weighted by Crippen LogP contribution is -2.45. The maximum absolute atomic E-state index is 11.9. The van der Waals surface area contributed by atoms with Crippen LogP contribution in [0.15, 0.2) is 0 Å². The fourth-order valence-corrected chi connectivity index (χ4v) is 2.27. The number of amides is 1. The smallest absolute Gasteiger partial charge is 0.307 e. The zero-order valence-corrected chi connectivity index (χ0v) is 9.69. The van der Waals surface area contributed by atoms with Crippen molar-refractivity contribution in [2.45, 2.75) is 32.1 Å². The zero-order chi connectivity index (χ0) is 11.7. The van der Waals surface area contributed by atoms with Crippen LogP contribution < -0.4 is 0 Å². The van der Waals surface area contributed by atoms with E-state index in [1.54, 1.807) is 11.9 Å². The molecule has 2 atom stereocenters. The van der Waals surface area contributed by atoms with E-state index in [0.29, 0.717) is 6.42 Å². The van der Waals surface area contributed by atoms with E-state index in [2.05, 4.69) is 0 Å². The Morgan fingerprint density at radius 3 is 2.25 bits per heavy atom. The van der Waals surface area contributed by atoms with Gasteiger partial charge in [-0.3, -0.25) is 9.59 Å². The van der Waals surface area contributed by atoms with Crippen LogP contribution in [0.4, 0.5) is 0 Å². The molecular formula is C12H19NO3. The molecule has 2 aliphatic carbocycles. The molecule has 0 aromatic carbocycles. The van der Waals surface area contributed by atoms with E-state index < -0.39 is 11.9 Å². The molecule has 0 radical (unpaired) electrons. The normalized spacial score (nSPS) is 28.3. The van der Waals surface area contributed by atoms with Gasteiger partial charge >= 0.3 is 5.97 Å². The fraction of sp³-hybridized carbons (Fsp3) is 0.833. The topological polar surface area (TPSA) is 57.6 Å². The van der Waals surface area contributed by atoms with Crippen molar-refractivity contribution in [1.29, 1.82) is 0 Å². The number of nitrogens with zero attached hydrogens (tertiary/aromatic N) is 1. The highest BCUT2D eigenvalue weighted by atomic mass is 16.4. The Kier molecular flexibility index (Phi) is 3.17. The monoisotopic (exact) mass is 225 g/mol. The van der Waals surface area contributed by atoms with Crippen molar-refractivity contribution in [2.75, 3.05) is 13.6 Å². The number of hydrogen-bond acceptors (Lipinski definition) is 2.